The SMILES string of the molecule is CON(C)C(=O)C[C@H]1CCC[C@H](C)[C@@]1(C)C1OCCO1. The van der Waals surface area contributed by atoms with Gasteiger partial charge in [0.1, 0.15) is 0 Å². The van der Waals surface area contributed by atoms with Crippen LogP contribution in [0.25, 0.3) is 0 Å². The Bertz CT molecular complexity index is 343. The number of hydrogen-bond donors (Lipinski definition) is 0. The number of hydrogen-bond acceptors (Lipinski definition) is 4. The van der Waals surface area contributed by atoms with Crippen LogP contribution in [-0.4, -0.2) is 44.6 Å². The molecular formula is C15H27NO4. The second kappa shape index (κ2) is 6.41. The molecule has 1 saturated carbocycles. The third-order valence-electron chi connectivity index (χ3n) is 5.31. The average Bonchev–Trinajstić information content (AvgIpc) is 2.97. The van der Waals surface area contributed by atoms with Crippen molar-refractivity contribution in [3.63, 3.8) is 0 Å². The molecule has 1 heterocycles. The predicted octanol–water partition coefficient (Wildman–Crippen LogP) is 2.21. The van der Waals surface area contributed by atoms with Gasteiger partial charge in [0.15, 0.2) is 6.29 Å². The molecule has 2 aliphatic rings. The molecule has 0 aromatic heterocycles. The largest absolute Gasteiger partial charge is 0.350 e. The summed E-state index contributed by atoms with van der Waals surface area (Å²) < 4.78 is 11.6. The van der Waals surface area contributed by atoms with Crippen molar-refractivity contribution in [1.29, 1.82) is 0 Å². The Morgan fingerprint density at radius 3 is 2.60 bits per heavy atom. The van der Waals surface area contributed by atoms with E-state index in [4.69, 9.17) is 14.3 Å². The van der Waals surface area contributed by atoms with Crippen molar-refractivity contribution in [3.05, 3.63) is 0 Å². The summed E-state index contributed by atoms with van der Waals surface area (Å²) in [6, 6.07) is 0. The molecular weight excluding hydrogens is 258 g/mol. The zero-order valence-electron chi connectivity index (χ0n) is 13.1. The molecule has 116 valence electrons. The van der Waals surface area contributed by atoms with Gasteiger partial charge in [-0.1, -0.05) is 20.3 Å². The zero-order chi connectivity index (χ0) is 14.8. The molecule has 5 heteroatoms. The van der Waals surface area contributed by atoms with Crippen LogP contribution in [0.5, 0.6) is 0 Å². The first-order valence-electron chi connectivity index (χ1n) is 7.54. The Morgan fingerprint density at radius 1 is 1.35 bits per heavy atom. The summed E-state index contributed by atoms with van der Waals surface area (Å²) in [6.07, 6.45) is 3.70. The van der Waals surface area contributed by atoms with E-state index in [9.17, 15) is 4.79 Å². The summed E-state index contributed by atoms with van der Waals surface area (Å²) in [5.41, 5.74) is -0.0982. The highest BCUT2D eigenvalue weighted by Crippen LogP contribution is 2.51. The molecule has 2 fully saturated rings. The van der Waals surface area contributed by atoms with E-state index in [1.165, 1.54) is 18.6 Å². The Kier molecular flexibility index (Phi) is 5.04. The summed E-state index contributed by atoms with van der Waals surface area (Å²) in [6.45, 7) is 5.79. The number of carbonyl (C=O) groups excluding carboxylic acids is 1. The molecule has 0 unspecified atom stereocenters. The summed E-state index contributed by atoms with van der Waals surface area (Å²) in [5, 5.41) is 1.32. The van der Waals surface area contributed by atoms with Crippen molar-refractivity contribution in [1.82, 2.24) is 5.06 Å². The van der Waals surface area contributed by atoms with E-state index in [0.29, 0.717) is 25.6 Å². The minimum atomic E-state index is -0.177. The molecule has 1 aliphatic carbocycles. The first-order chi connectivity index (χ1) is 9.50. The molecule has 1 aliphatic heterocycles. The zero-order valence-corrected chi connectivity index (χ0v) is 13.1. The average molecular weight is 285 g/mol. The fourth-order valence-electron chi connectivity index (χ4n) is 3.60. The fourth-order valence-corrected chi connectivity index (χ4v) is 3.60. The minimum absolute atomic E-state index is 0.0239. The maximum absolute atomic E-state index is 12.2. The molecule has 0 spiro atoms. The highest BCUT2D eigenvalue weighted by molar-refractivity contribution is 5.75. The first kappa shape index (κ1) is 15.7. The van der Waals surface area contributed by atoms with Crippen LogP contribution in [0.15, 0.2) is 0 Å². The van der Waals surface area contributed by atoms with E-state index in [-0.39, 0.29) is 23.5 Å². The van der Waals surface area contributed by atoms with E-state index >= 15 is 0 Å². The lowest BCUT2D eigenvalue weighted by molar-refractivity contribution is -0.192. The molecule has 0 N–H and O–H groups in total. The van der Waals surface area contributed by atoms with Gasteiger partial charge in [0.2, 0.25) is 5.91 Å². The summed E-state index contributed by atoms with van der Waals surface area (Å²) in [5.74, 6) is 0.792. The van der Waals surface area contributed by atoms with Gasteiger partial charge in [-0.2, -0.15) is 0 Å². The minimum Gasteiger partial charge on any atom is -0.350 e. The van der Waals surface area contributed by atoms with Gasteiger partial charge in [-0.15, -0.1) is 0 Å². The smallest absolute Gasteiger partial charge is 0.246 e. The quantitative estimate of drug-likeness (QED) is 0.743. The van der Waals surface area contributed by atoms with Gasteiger partial charge in [0.25, 0.3) is 0 Å². The van der Waals surface area contributed by atoms with Crippen LogP contribution < -0.4 is 0 Å². The van der Waals surface area contributed by atoms with Gasteiger partial charge in [-0.3, -0.25) is 9.63 Å². The molecule has 0 aromatic carbocycles. The van der Waals surface area contributed by atoms with Crippen LogP contribution in [0.2, 0.25) is 0 Å². The number of hydroxylamine groups is 2. The molecule has 0 bridgehead atoms. The lowest BCUT2D eigenvalue weighted by atomic mass is 9.60. The topological polar surface area (TPSA) is 48.0 Å². The van der Waals surface area contributed by atoms with Crippen molar-refractivity contribution in [2.45, 2.75) is 45.8 Å². The Balaban J connectivity index is 2.13. The van der Waals surface area contributed by atoms with Crippen LogP contribution in [0.4, 0.5) is 0 Å². The van der Waals surface area contributed by atoms with Crippen LogP contribution >= 0.6 is 0 Å². The van der Waals surface area contributed by atoms with Crippen LogP contribution in [-0.2, 0) is 19.1 Å². The summed E-state index contributed by atoms with van der Waals surface area (Å²) >= 11 is 0. The van der Waals surface area contributed by atoms with Gasteiger partial charge in [0, 0.05) is 18.9 Å². The number of ether oxygens (including phenoxy) is 2. The first-order valence-corrected chi connectivity index (χ1v) is 7.54. The highest BCUT2D eigenvalue weighted by Gasteiger charge is 2.50. The molecule has 0 radical (unpaired) electrons. The number of carbonyl (C=O) groups is 1. The summed E-state index contributed by atoms with van der Waals surface area (Å²) in [7, 11) is 3.18. The van der Waals surface area contributed by atoms with Gasteiger partial charge in [-0.05, 0) is 24.7 Å². The maximum Gasteiger partial charge on any atom is 0.246 e. The van der Waals surface area contributed by atoms with E-state index in [2.05, 4.69) is 13.8 Å². The van der Waals surface area contributed by atoms with E-state index in [1.54, 1.807) is 7.05 Å². The number of rotatable bonds is 4. The molecule has 20 heavy (non-hydrogen) atoms. The van der Waals surface area contributed by atoms with Gasteiger partial charge in [0.05, 0.1) is 20.3 Å². The monoisotopic (exact) mass is 285 g/mol. The molecule has 1 amide bonds. The van der Waals surface area contributed by atoms with Crippen molar-refractivity contribution >= 4 is 5.91 Å². The third kappa shape index (κ3) is 2.85. The van der Waals surface area contributed by atoms with Gasteiger partial charge >= 0.3 is 0 Å². The van der Waals surface area contributed by atoms with Gasteiger partial charge < -0.3 is 9.47 Å². The van der Waals surface area contributed by atoms with Crippen LogP contribution in [0.1, 0.15) is 39.5 Å². The van der Waals surface area contributed by atoms with E-state index < -0.39 is 0 Å². The molecule has 1 saturated heterocycles. The number of nitrogens with zero attached hydrogens (tertiary/aromatic N) is 1. The van der Waals surface area contributed by atoms with Crippen LogP contribution in [0, 0.1) is 17.3 Å². The highest BCUT2D eigenvalue weighted by atomic mass is 16.7. The van der Waals surface area contributed by atoms with Gasteiger partial charge in [-0.25, -0.2) is 5.06 Å². The molecule has 2 rings (SSSR count). The number of amides is 1. The molecule has 0 aromatic rings. The summed E-state index contributed by atoms with van der Waals surface area (Å²) in [4.78, 5) is 17.2. The Morgan fingerprint density at radius 2 is 2.00 bits per heavy atom. The van der Waals surface area contributed by atoms with Crippen molar-refractivity contribution < 1.29 is 19.1 Å². The second-order valence-corrected chi connectivity index (χ2v) is 6.25. The predicted molar refractivity (Wildman–Crippen MR) is 74.7 cm³/mol. The van der Waals surface area contributed by atoms with Crippen molar-refractivity contribution in [2.75, 3.05) is 27.4 Å². The van der Waals surface area contributed by atoms with Crippen molar-refractivity contribution in [3.8, 4) is 0 Å². The standard InChI is InChI=1S/C15H27NO4/c1-11-6-5-7-12(10-13(17)16(3)18-4)15(11,2)14-19-8-9-20-14/h11-12,14H,5-10H2,1-4H3/t11-,12+,15+/m0/s1. The van der Waals surface area contributed by atoms with E-state index in [1.807, 2.05) is 0 Å². The Labute approximate surface area is 121 Å². The fraction of sp³-hybridized carbons (Fsp3) is 0.933. The lowest BCUT2D eigenvalue weighted by Gasteiger charge is -2.48. The van der Waals surface area contributed by atoms with Crippen molar-refractivity contribution in [2.24, 2.45) is 17.3 Å². The second-order valence-electron chi connectivity index (χ2n) is 6.25. The maximum atomic E-state index is 12.2. The normalized spacial score (nSPS) is 35.2. The molecule has 5 nitrogen and oxygen atoms in total. The lowest BCUT2D eigenvalue weighted by Crippen LogP contribution is -2.48. The Hall–Kier alpha value is -0.650. The van der Waals surface area contributed by atoms with Crippen LogP contribution in [0.3, 0.4) is 0 Å². The third-order valence-corrected chi connectivity index (χ3v) is 5.31. The van der Waals surface area contributed by atoms with E-state index in [0.717, 1.165) is 12.8 Å². The molecule has 3 atom stereocenters.